The Morgan fingerprint density at radius 2 is 1.63 bits per heavy atom. The molecule has 0 saturated heterocycles. The van der Waals surface area contributed by atoms with E-state index in [1.54, 1.807) is 0 Å². The Balaban J connectivity index is 1.47. The third-order valence-electron chi connectivity index (χ3n) is 4.65. The highest BCUT2D eigenvalue weighted by molar-refractivity contribution is 7.15. The molecule has 6 nitrogen and oxygen atoms in total. The summed E-state index contributed by atoms with van der Waals surface area (Å²) in [4.78, 5) is 14.4. The minimum absolute atomic E-state index is 0.491. The molecule has 148 valence electrons. The number of aromatic nitrogens is 5. The van der Waals surface area contributed by atoms with Gasteiger partial charge in [0.2, 0.25) is 10.9 Å². The highest BCUT2D eigenvalue weighted by Crippen LogP contribution is 2.28. The van der Waals surface area contributed by atoms with Crippen LogP contribution in [0.1, 0.15) is 11.4 Å². The van der Waals surface area contributed by atoms with Gasteiger partial charge in [0.05, 0.1) is 11.4 Å². The summed E-state index contributed by atoms with van der Waals surface area (Å²) in [6, 6.07) is 17.9. The summed E-state index contributed by atoms with van der Waals surface area (Å²) in [5.74, 6) is 1.83. The van der Waals surface area contributed by atoms with Gasteiger partial charge in [0.1, 0.15) is 11.6 Å². The molecule has 3 heterocycles. The molecule has 0 saturated carbocycles. The minimum atomic E-state index is 0.491. The van der Waals surface area contributed by atoms with E-state index in [1.165, 1.54) is 16.9 Å². The molecular formula is C22H17ClN6S. The number of halogens is 1. The van der Waals surface area contributed by atoms with Crippen molar-refractivity contribution in [2.75, 3.05) is 5.32 Å². The molecule has 5 aromatic rings. The van der Waals surface area contributed by atoms with Crippen LogP contribution in [0.4, 0.5) is 11.8 Å². The lowest BCUT2D eigenvalue weighted by atomic mass is 10.1. The zero-order valence-electron chi connectivity index (χ0n) is 16.3. The van der Waals surface area contributed by atoms with Crippen molar-refractivity contribution < 1.29 is 0 Å². The highest BCUT2D eigenvalue weighted by atomic mass is 35.5. The zero-order valence-corrected chi connectivity index (χ0v) is 17.9. The SMILES string of the molecule is Cc1ccc(-c2cc(Nc3nc4scc(-c5ccc(Cl)cc5)n4n3)nc(C)n2)cc1. The van der Waals surface area contributed by atoms with Crippen LogP contribution in [0.3, 0.4) is 0 Å². The number of benzene rings is 2. The maximum Gasteiger partial charge on any atom is 0.249 e. The normalized spacial score (nSPS) is 11.2. The number of nitrogens with one attached hydrogen (secondary N) is 1. The lowest BCUT2D eigenvalue weighted by Crippen LogP contribution is -2.00. The predicted molar refractivity (Wildman–Crippen MR) is 122 cm³/mol. The maximum atomic E-state index is 6.01. The standard InChI is InChI=1S/C22H17ClN6S/c1-13-3-5-15(6-4-13)18-11-20(25-14(2)24-18)26-21-27-22-29(28-21)19(12-30-22)16-7-9-17(23)10-8-16/h3-12H,1-2H3,(H,24,25,26,28). The van der Waals surface area contributed by atoms with E-state index in [2.05, 4.69) is 56.6 Å². The van der Waals surface area contributed by atoms with E-state index in [-0.39, 0.29) is 0 Å². The molecule has 0 aliphatic heterocycles. The van der Waals surface area contributed by atoms with Crippen LogP contribution in [0.25, 0.3) is 27.5 Å². The minimum Gasteiger partial charge on any atom is -0.307 e. The number of aryl methyl sites for hydroxylation is 2. The van der Waals surface area contributed by atoms with Crippen LogP contribution in [-0.2, 0) is 0 Å². The molecular weight excluding hydrogens is 416 g/mol. The van der Waals surface area contributed by atoms with Crippen molar-refractivity contribution in [1.29, 1.82) is 0 Å². The highest BCUT2D eigenvalue weighted by Gasteiger charge is 2.13. The van der Waals surface area contributed by atoms with Gasteiger partial charge in [-0.25, -0.2) is 14.5 Å². The smallest absolute Gasteiger partial charge is 0.249 e. The van der Waals surface area contributed by atoms with Crippen LogP contribution in [-0.4, -0.2) is 24.6 Å². The summed E-state index contributed by atoms with van der Waals surface area (Å²) in [6.07, 6.45) is 0. The summed E-state index contributed by atoms with van der Waals surface area (Å²) in [5.41, 5.74) is 5.10. The van der Waals surface area contributed by atoms with Crippen molar-refractivity contribution >= 4 is 39.7 Å². The molecule has 0 fully saturated rings. The monoisotopic (exact) mass is 432 g/mol. The molecule has 0 amide bonds. The molecule has 5 rings (SSSR count). The molecule has 2 aromatic carbocycles. The molecule has 0 radical (unpaired) electrons. The number of hydrogen-bond donors (Lipinski definition) is 1. The lowest BCUT2D eigenvalue weighted by molar-refractivity contribution is 0.983. The fourth-order valence-electron chi connectivity index (χ4n) is 3.17. The first-order valence-electron chi connectivity index (χ1n) is 9.35. The van der Waals surface area contributed by atoms with Gasteiger partial charge in [-0.3, -0.25) is 0 Å². The van der Waals surface area contributed by atoms with Crippen molar-refractivity contribution in [3.63, 3.8) is 0 Å². The van der Waals surface area contributed by atoms with E-state index < -0.39 is 0 Å². The summed E-state index contributed by atoms with van der Waals surface area (Å²) in [6.45, 7) is 3.94. The Labute approximate surface area is 182 Å². The van der Waals surface area contributed by atoms with Crippen molar-refractivity contribution in [3.05, 3.63) is 76.4 Å². The van der Waals surface area contributed by atoms with Crippen molar-refractivity contribution in [3.8, 4) is 22.5 Å². The summed E-state index contributed by atoms with van der Waals surface area (Å²) in [7, 11) is 0. The van der Waals surface area contributed by atoms with Crippen LogP contribution in [0.15, 0.2) is 60.0 Å². The fourth-order valence-corrected chi connectivity index (χ4v) is 4.13. The van der Waals surface area contributed by atoms with Gasteiger partial charge >= 0.3 is 0 Å². The molecule has 8 heteroatoms. The van der Waals surface area contributed by atoms with E-state index in [9.17, 15) is 0 Å². The zero-order chi connectivity index (χ0) is 20.7. The molecule has 1 N–H and O–H groups in total. The van der Waals surface area contributed by atoms with E-state index >= 15 is 0 Å². The second kappa shape index (κ2) is 7.51. The third-order valence-corrected chi connectivity index (χ3v) is 5.71. The van der Waals surface area contributed by atoms with Gasteiger partial charge < -0.3 is 5.32 Å². The molecule has 30 heavy (non-hydrogen) atoms. The van der Waals surface area contributed by atoms with Crippen LogP contribution in [0.2, 0.25) is 5.02 Å². The van der Waals surface area contributed by atoms with Crippen molar-refractivity contribution in [2.24, 2.45) is 0 Å². The van der Waals surface area contributed by atoms with Crippen LogP contribution < -0.4 is 5.32 Å². The second-order valence-corrected chi connectivity index (χ2v) is 8.21. The number of rotatable bonds is 4. The molecule has 0 aliphatic carbocycles. The lowest BCUT2D eigenvalue weighted by Gasteiger charge is -2.07. The number of nitrogens with zero attached hydrogens (tertiary/aromatic N) is 5. The maximum absolute atomic E-state index is 6.01. The molecule has 0 unspecified atom stereocenters. The average Bonchev–Trinajstić information content (AvgIpc) is 3.29. The van der Waals surface area contributed by atoms with E-state index in [4.69, 9.17) is 11.6 Å². The average molecular weight is 433 g/mol. The molecule has 3 aromatic heterocycles. The van der Waals surface area contributed by atoms with E-state index in [0.717, 1.165) is 27.5 Å². The van der Waals surface area contributed by atoms with Gasteiger partial charge in [-0.15, -0.1) is 16.4 Å². The first-order valence-corrected chi connectivity index (χ1v) is 10.6. The number of thiazole rings is 1. The van der Waals surface area contributed by atoms with Crippen LogP contribution in [0.5, 0.6) is 0 Å². The Hall–Kier alpha value is -3.29. The van der Waals surface area contributed by atoms with E-state index in [1.807, 2.05) is 47.2 Å². The van der Waals surface area contributed by atoms with Crippen molar-refractivity contribution in [2.45, 2.75) is 13.8 Å². The van der Waals surface area contributed by atoms with Crippen LogP contribution >= 0.6 is 22.9 Å². The van der Waals surface area contributed by atoms with Gasteiger partial charge in [0, 0.05) is 27.6 Å². The van der Waals surface area contributed by atoms with Gasteiger partial charge in [0.15, 0.2) is 0 Å². The van der Waals surface area contributed by atoms with Crippen LogP contribution in [0, 0.1) is 13.8 Å². The summed E-state index contributed by atoms with van der Waals surface area (Å²) in [5, 5.41) is 10.6. The molecule has 0 aliphatic rings. The number of fused-ring (bicyclic) bond motifs is 1. The van der Waals surface area contributed by atoms with Gasteiger partial charge in [-0.1, -0.05) is 53.6 Å². The Kier molecular flexibility index (Phi) is 4.69. The van der Waals surface area contributed by atoms with Crippen molar-refractivity contribution in [1.82, 2.24) is 24.6 Å². The quantitative estimate of drug-likeness (QED) is 0.381. The largest absolute Gasteiger partial charge is 0.307 e. The first-order chi connectivity index (χ1) is 14.5. The fraction of sp³-hybridized carbons (Fsp3) is 0.0909. The Morgan fingerprint density at radius 3 is 2.40 bits per heavy atom. The molecule has 0 atom stereocenters. The summed E-state index contributed by atoms with van der Waals surface area (Å²) >= 11 is 7.54. The number of hydrogen-bond acceptors (Lipinski definition) is 6. The first kappa shape index (κ1) is 18.7. The number of anilines is 2. The summed E-state index contributed by atoms with van der Waals surface area (Å²) < 4.78 is 1.82. The van der Waals surface area contributed by atoms with Gasteiger partial charge in [-0.05, 0) is 26.0 Å². The predicted octanol–water partition coefficient (Wildman–Crippen LogP) is 5.93. The Bertz CT molecular complexity index is 1340. The van der Waals surface area contributed by atoms with Gasteiger partial charge in [-0.2, -0.15) is 4.98 Å². The molecule has 0 bridgehead atoms. The third kappa shape index (κ3) is 3.65. The topological polar surface area (TPSA) is 68.0 Å². The Morgan fingerprint density at radius 1 is 0.900 bits per heavy atom. The van der Waals surface area contributed by atoms with E-state index in [0.29, 0.717) is 22.6 Å². The molecule has 0 spiro atoms. The van der Waals surface area contributed by atoms with Gasteiger partial charge in [0.25, 0.3) is 0 Å². The second-order valence-electron chi connectivity index (χ2n) is 6.93.